The average Bonchev–Trinajstić information content (AvgIpc) is 3.16. The summed E-state index contributed by atoms with van der Waals surface area (Å²) in [6.45, 7) is 8.69. The molecule has 174 valence electrons. The number of carbonyl (C=O) groups is 4. The van der Waals surface area contributed by atoms with E-state index in [1.807, 2.05) is 13.8 Å². The molecule has 0 aromatic carbocycles. The Labute approximate surface area is 181 Å². The summed E-state index contributed by atoms with van der Waals surface area (Å²) in [5.74, 6) is -3.09. The van der Waals surface area contributed by atoms with Gasteiger partial charge in [0.1, 0.15) is 18.1 Å². The molecule has 0 bridgehead atoms. The quantitative estimate of drug-likeness (QED) is 0.255. The third-order valence-electron chi connectivity index (χ3n) is 4.59. The molecule has 11 heteroatoms. The minimum atomic E-state index is -1.15. The Balaban J connectivity index is 3.03. The first-order valence-electron chi connectivity index (χ1n) is 10.3. The molecule has 7 N–H and O–H groups in total. The molecule has 0 aliphatic heterocycles. The molecule has 0 saturated heterocycles. The summed E-state index contributed by atoms with van der Waals surface area (Å²) >= 11 is 0. The van der Waals surface area contributed by atoms with Crippen LogP contribution in [-0.2, 0) is 25.6 Å². The first-order chi connectivity index (χ1) is 14.4. The Morgan fingerprint density at radius 1 is 1.00 bits per heavy atom. The highest BCUT2D eigenvalue weighted by Gasteiger charge is 2.31. The number of nitrogens with one attached hydrogen (secondary N) is 4. The number of aliphatic carboxylic acids is 1. The second kappa shape index (κ2) is 12.0. The highest BCUT2D eigenvalue weighted by atomic mass is 16.4. The fourth-order valence-electron chi connectivity index (χ4n) is 2.87. The number of carboxylic acids is 1. The zero-order valence-electron chi connectivity index (χ0n) is 18.6. The predicted molar refractivity (Wildman–Crippen MR) is 114 cm³/mol. The van der Waals surface area contributed by atoms with Gasteiger partial charge in [-0.1, -0.05) is 27.7 Å². The molecule has 0 aliphatic carbocycles. The van der Waals surface area contributed by atoms with Crippen molar-refractivity contribution in [2.24, 2.45) is 17.6 Å². The summed E-state index contributed by atoms with van der Waals surface area (Å²) < 4.78 is 0. The van der Waals surface area contributed by atoms with Crippen LogP contribution in [0.4, 0.5) is 0 Å². The molecule has 4 atom stereocenters. The van der Waals surface area contributed by atoms with Gasteiger partial charge in [0, 0.05) is 18.3 Å². The summed E-state index contributed by atoms with van der Waals surface area (Å²) in [6.07, 6.45) is 3.25. The van der Waals surface area contributed by atoms with Crippen LogP contribution in [0.2, 0.25) is 0 Å². The van der Waals surface area contributed by atoms with E-state index in [2.05, 4.69) is 25.9 Å². The molecule has 1 rings (SSSR count). The number of amides is 3. The molecule has 0 aliphatic rings. The molecule has 1 aromatic rings. The van der Waals surface area contributed by atoms with Crippen molar-refractivity contribution in [2.45, 2.75) is 71.6 Å². The smallest absolute Gasteiger partial charge is 0.326 e. The molecule has 31 heavy (non-hydrogen) atoms. The van der Waals surface area contributed by atoms with E-state index >= 15 is 0 Å². The number of carboxylic acid groups (broad SMARTS) is 1. The van der Waals surface area contributed by atoms with Gasteiger partial charge in [-0.05, 0) is 25.2 Å². The Kier molecular flexibility index (Phi) is 10.1. The number of aromatic nitrogens is 2. The van der Waals surface area contributed by atoms with Crippen molar-refractivity contribution in [3.05, 3.63) is 18.2 Å². The molecular formula is C20H34N6O5. The Morgan fingerprint density at radius 3 is 2.06 bits per heavy atom. The lowest BCUT2D eigenvalue weighted by Gasteiger charge is -2.26. The second-order valence-electron chi connectivity index (χ2n) is 8.39. The van der Waals surface area contributed by atoms with Crippen LogP contribution in [0.3, 0.4) is 0 Å². The van der Waals surface area contributed by atoms with E-state index in [-0.39, 0.29) is 24.7 Å². The van der Waals surface area contributed by atoms with Crippen molar-refractivity contribution in [3.8, 4) is 0 Å². The van der Waals surface area contributed by atoms with Crippen LogP contribution >= 0.6 is 0 Å². The highest BCUT2D eigenvalue weighted by Crippen LogP contribution is 2.08. The summed E-state index contributed by atoms with van der Waals surface area (Å²) in [7, 11) is 0. The minimum Gasteiger partial charge on any atom is -0.480 e. The molecule has 0 fully saturated rings. The standard InChI is InChI=1S/C20H34N6O5/c1-10(2)6-15(20(30)31)25-18(28)14(7-13-8-22-9-23-13)24-19(29)16(11(3)4)26-17(27)12(5)21/h8-12,14-16H,6-7,21H2,1-5H3,(H,22,23)(H,24,29)(H,25,28)(H,26,27)(H,30,31). The number of H-pyrrole nitrogens is 1. The van der Waals surface area contributed by atoms with Crippen molar-refractivity contribution in [2.75, 3.05) is 0 Å². The maximum absolute atomic E-state index is 12.9. The SMILES string of the molecule is CC(C)CC(NC(=O)C(Cc1cnc[nH]1)NC(=O)C(NC(=O)C(C)N)C(C)C)C(=O)O. The van der Waals surface area contributed by atoms with Gasteiger partial charge >= 0.3 is 5.97 Å². The summed E-state index contributed by atoms with van der Waals surface area (Å²) in [5, 5.41) is 17.1. The van der Waals surface area contributed by atoms with Gasteiger partial charge in [-0.3, -0.25) is 14.4 Å². The summed E-state index contributed by atoms with van der Waals surface area (Å²) in [6, 6.07) is -3.88. The number of aromatic amines is 1. The van der Waals surface area contributed by atoms with E-state index in [1.54, 1.807) is 13.8 Å². The molecule has 3 amide bonds. The first kappa shape index (κ1) is 26.1. The number of imidazole rings is 1. The Morgan fingerprint density at radius 2 is 1.61 bits per heavy atom. The second-order valence-corrected chi connectivity index (χ2v) is 8.39. The molecule has 4 unspecified atom stereocenters. The molecular weight excluding hydrogens is 404 g/mol. The topological polar surface area (TPSA) is 179 Å². The van der Waals surface area contributed by atoms with Gasteiger partial charge in [-0.25, -0.2) is 9.78 Å². The van der Waals surface area contributed by atoms with E-state index in [9.17, 15) is 24.3 Å². The third-order valence-corrected chi connectivity index (χ3v) is 4.59. The Hall–Kier alpha value is -2.95. The van der Waals surface area contributed by atoms with Crippen molar-refractivity contribution in [1.29, 1.82) is 0 Å². The fraction of sp³-hybridized carbons (Fsp3) is 0.650. The number of nitrogens with zero attached hydrogens (tertiary/aromatic N) is 1. The molecule has 0 spiro atoms. The molecule has 1 aromatic heterocycles. The van der Waals surface area contributed by atoms with Gasteiger partial charge in [-0.2, -0.15) is 0 Å². The summed E-state index contributed by atoms with van der Waals surface area (Å²) in [4.78, 5) is 56.1. The zero-order chi connectivity index (χ0) is 23.7. The number of rotatable bonds is 12. The van der Waals surface area contributed by atoms with Gasteiger partial charge < -0.3 is 31.8 Å². The van der Waals surface area contributed by atoms with Gasteiger partial charge in [0.05, 0.1) is 12.4 Å². The third kappa shape index (κ3) is 8.75. The first-order valence-corrected chi connectivity index (χ1v) is 10.3. The minimum absolute atomic E-state index is 0.0424. The van der Waals surface area contributed by atoms with Gasteiger partial charge in [0.2, 0.25) is 17.7 Å². The number of hydrogen-bond acceptors (Lipinski definition) is 6. The van der Waals surface area contributed by atoms with Gasteiger partial charge in [-0.15, -0.1) is 0 Å². The zero-order valence-corrected chi connectivity index (χ0v) is 18.6. The lowest BCUT2D eigenvalue weighted by molar-refractivity contribution is -0.142. The van der Waals surface area contributed by atoms with Crippen LogP contribution in [0, 0.1) is 11.8 Å². The van der Waals surface area contributed by atoms with Crippen molar-refractivity contribution in [1.82, 2.24) is 25.9 Å². The summed E-state index contributed by atoms with van der Waals surface area (Å²) in [5.41, 5.74) is 6.15. The number of nitrogens with two attached hydrogens (primary N) is 1. The van der Waals surface area contributed by atoms with E-state index in [4.69, 9.17) is 5.73 Å². The van der Waals surface area contributed by atoms with Gasteiger partial charge in [0.25, 0.3) is 0 Å². The van der Waals surface area contributed by atoms with Crippen LogP contribution < -0.4 is 21.7 Å². The van der Waals surface area contributed by atoms with Crippen LogP contribution in [0.25, 0.3) is 0 Å². The largest absolute Gasteiger partial charge is 0.480 e. The van der Waals surface area contributed by atoms with E-state index in [0.29, 0.717) is 5.69 Å². The van der Waals surface area contributed by atoms with Crippen molar-refractivity contribution < 1.29 is 24.3 Å². The number of hydrogen-bond donors (Lipinski definition) is 6. The van der Waals surface area contributed by atoms with Crippen LogP contribution in [0.1, 0.15) is 46.7 Å². The monoisotopic (exact) mass is 438 g/mol. The van der Waals surface area contributed by atoms with Crippen molar-refractivity contribution >= 4 is 23.7 Å². The molecule has 1 heterocycles. The molecule has 0 saturated carbocycles. The Bertz CT molecular complexity index is 747. The normalized spacial score (nSPS) is 15.1. The maximum Gasteiger partial charge on any atom is 0.326 e. The lowest BCUT2D eigenvalue weighted by atomic mass is 10.0. The van der Waals surface area contributed by atoms with Crippen LogP contribution in [0.15, 0.2) is 12.5 Å². The van der Waals surface area contributed by atoms with Gasteiger partial charge in [0.15, 0.2) is 0 Å². The average molecular weight is 439 g/mol. The highest BCUT2D eigenvalue weighted by molar-refractivity contribution is 5.94. The van der Waals surface area contributed by atoms with E-state index < -0.39 is 47.9 Å². The fourth-order valence-corrected chi connectivity index (χ4v) is 2.87. The molecule has 11 nitrogen and oxygen atoms in total. The van der Waals surface area contributed by atoms with Crippen molar-refractivity contribution in [3.63, 3.8) is 0 Å². The maximum atomic E-state index is 12.9. The van der Waals surface area contributed by atoms with E-state index in [1.165, 1.54) is 19.4 Å². The number of carbonyl (C=O) groups excluding carboxylic acids is 3. The molecule has 0 radical (unpaired) electrons. The van der Waals surface area contributed by atoms with E-state index in [0.717, 1.165) is 0 Å². The predicted octanol–water partition coefficient (Wildman–Crippen LogP) is -0.459. The lowest BCUT2D eigenvalue weighted by Crippen LogP contribution is -2.58. The van der Waals surface area contributed by atoms with Crippen LogP contribution in [-0.4, -0.2) is 62.9 Å². The van der Waals surface area contributed by atoms with Crippen LogP contribution in [0.5, 0.6) is 0 Å².